The first kappa shape index (κ1) is 14.4. The van der Waals surface area contributed by atoms with Gasteiger partial charge in [0.1, 0.15) is 0 Å². The zero-order valence-corrected chi connectivity index (χ0v) is 12.5. The molecule has 0 saturated heterocycles. The van der Waals surface area contributed by atoms with E-state index >= 15 is 0 Å². The van der Waals surface area contributed by atoms with Crippen LogP contribution in [-0.2, 0) is 11.3 Å². The molecule has 3 nitrogen and oxygen atoms in total. The third-order valence-corrected chi connectivity index (χ3v) is 3.82. The molecular weight excluding hydrogens is 272 g/mol. The van der Waals surface area contributed by atoms with Crippen LogP contribution in [0.25, 0.3) is 6.08 Å². The summed E-state index contributed by atoms with van der Waals surface area (Å²) in [5, 5.41) is 3.33. The summed E-state index contributed by atoms with van der Waals surface area (Å²) in [6.07, 6.45) is 4.66. The van der Waals surface area contributed by atoms with E-state index in [-0.39, 0.29) is 5.91 Å². The third-order valence-electron chi connectivity index (χ3n) is 3.82. The van der Waals surface area contributed by atoms with E-state index in [4.69, 9.17) is 0 Å². The summed E-state index contributed by atoms with van der Waals surface area (Å²) in [5.41, 5.74) is 3.46. The Morgan fingerprint density at radius 3 is 2.68 bits per heavy atom. The Bertz CT molecular complexity index is 664. The van der Waals surface area contributed by atoms with Crippen LogP contribution in [0.5, 0.6) is 0 Å². The molecule has 0 fully saturated rings. The standard InChI is InChI=1S/C19H20N2O/c22-19-12-13-20-18-11-5-4-10-17(18)15-21(19)14-6-9-16-7-2-1-3-8-16/h1-11,20H,12-15H2/b9-6+. The van der Waals surface area contributed by atoms with Crippen molar-refractivity contribution in [2.75, 3.05) is 18.4 Å². The number of hydrogen-bond acceptors (Lipinski definition) is 2. The number of nitrogens with zero attached hydrogens (tertiary/aromatic N) is 1. The molecule has 2 aromatic rings. The van der Waals surface area contributed by atoms with Gasteiger partial charge in [-0.05, 0) is 17.2 Å². The molecule has 0 radical (unpaired) electrons. The Labute approximate surface area is 131 Å². The summed E-state index contributed by atoms with van der Waals surface area (Å²) in [6, 6.07) is 18.3. The first-order chi connectivity index (χ1) is 10.8. The van der Waals surface area contributed by atoms with Crippen molar-refractivity contribution in [1.82, 2.24) is 4.90 Å². The molecular formula is C19H20N2O. The second kappa shape index (κ2) is 6.94. The smallest absolute Gasteiger partial charge is 0.224 e. The van der Waals surface area contributed by atoms with Gasteiger partial charge < -0.3 is 10.2 Å². The summed E-state index contributed by atoms with van der Waals surface area (Å²) in [4.78, 5) is 14.2. The van der Waals surface area contributed by atoms with Gasteiger partial charge in [0.25, 0.3) is 0 Å². The Balaban J connectivity index is 1.72. The molecule has 0 saturated carbocycles. The van der Waals surface area contributed by atoms with Crippen LogP contribution in [0.15, 0.2) is 60.7 Å². The SMILES string of the molecule is O=C1CCNc2ccccc2CN1C/C=C/c1ccccc1. The number of fused-ring (bicyclic) bond motifs is 1. The molecule has 0 unspecified atom stereocenters. The van der Waals surface area contributed by atoms with Gasteiger partial charge in [-0.1, -0.05) is 60.7 Å². The lowest BCUT2D eigenvalue weighted by Gasteiger charge is -2.26. The van der Waals surface area contributed by atoms with Gasteiger partial charge >= 0.3 is 0 Å². The van der Waals surface area contributed by atoms with Crippen LogP contribution in [0.2, 0.25) is 0 Å². The van der Waals surface area contributed by atoms with Crippen LogP contribution >= 0.6 is 0 Å². The Morgan fingerprint density at radius 1 is 1.05 bits per heavy atom. The first-order valence-corrected chi connectivity index (χ1v) is 7.64. The fourth-order valence-electron chi connectivity index (χ4n) is 2.63. The maximum Gasteiger partial charge on any atom is 0.224 e. The van der Waals surface area contributed by atoms with Crippen molar-refractivity contribution < 1.29 is 4.79 Å². The van der Waals surface area contributed by atoms with E-state index in [2.05, 4.69) is 41.7 Å². The molecule has 112 valence electrons. The van der Waals surface area contributed by atoms with E-state index in [0.29, 0.717) is 26.1 Å². The average Bonchev–Trinajstić information content (AvgIpc) is 2.54. The molecule has 0 spiro atoms. The highest BCUT2D eigenvalue weighted by Crippen LogP contribution is 2.20. The van der Waals surface area contributed by atoms with Crippen molar-refractivity contribution in [3.63, 3.8) is 0 Å². The zero-order chi connectivity index (χ0) is 15.2. The summed E-state index contributed by atoms with van der Waals surface area (Å²) in [7, 11) is 0. The maximum atomic E-state index is 12.3. The molecule has 22 heavy (non-hydrogen) atoms. The molecule has 1 aliphatic heterocycles. The molecule has 3 rings (SSSR count). The summed E-state index contributed by atoms with van der Waals surface area (Å²) >= 11 is 0. The van der Waals surface area contributed by atoms with Crippen LogP contribution in [0.4, 0.5) is 5.69 Å². The Hall–Kier alpha value is -2.55. The second-order valence-electron chi connectivity index (χ2n) is 5.42. The quantitative estimate of drug-likeness (QED) is 0.938. The Kier molecular flexibility index (Phi) is 4.54. The number of anilines is 1. The van der Waals surface area contributed by atoms with E-state index in [9.17, 15) is 4.79 Å². The van der Waals surface area contributed by atoms with Crippen LogP contribution in [-0.4, -0.2) is 23.9 Å². The number of benzene rings is 2. The molecule has 2 aromatic carbocycles. The number of amides is 1. The number of rotatable bonds is 3. The molecule has 0 aliphatic carbocycles. The van der Waals surface area contributed by atoms with Crippen LogP contribution < -0.4 is 5.32 Å². The zero-order valence-electron chi connectivity index (χ0n) is 12.5. The molecule has 3 heteroatoms. The van der Waals surface area contributed by atoms with Gasteiger partial charge in [-0.3, -0.25) is 4.79 Å². The third kappa shape index (κ3) is 3.55. The second-order valence-corrected chi connectivity index (χ2v) is 5.42. The van der Waals surface area contributed by atoms with Crippen LogP contribution in [0.1, 0.15) is 17.5 Å². The van der Waals surface area contributed by atoms with Gasteiger partial charge in [-0.2, -0.15) is 0 Å². The number of carbonyl (C=O) groups excluding carboxylic acids is 1. The normalized spacial score (nSPS) is 15.1. The van der Waals surface area contributed by atoms with Gasteiger partial charge in [0.15, 0.2) is 0 Å². The first-order valence-electron chi connectivity index (χ1n) is 7.64. The highest BCUT2D eigenvalue weighted by atomic mass is 16.2. The number of carbonyl (C=O) groups is 1. The van der Waals surface area contributed by atoms with Crippen molar-refractivity contribution in [2.24, 2.45) is 0 Å². The summed E-state index contributed by atoms with van der Waals surface area (Å²) in [6.45, 7) is 1.98. The fourth-order valence-corrected chi connectivity index (χ4v) is 2.63. The highest BCUT2D eigenvalue weighted by Gasteiger charge is 2.17. The van der Waals surface area contributed by atoms with Crippen molar-refractivity contribution in [3.05, 3.63) is 71.8 Å². The minimum Gasteiger partial charge on any atom is -0.384 e. The molecule has 1 N–H and O–H groups in total. The summed E-state index contributed by atoms with van der Waals surface area (Å²) in [5.74, 6) is 0.194. The number of para-hydroxylation sites is 1. The predicted molar refractivity (Wildman–Crippen MR) is 90.4 cm³/mol. The fraction of sp³-hybridized carbons (Fsp3) is 0.211. The van der Waals surface area contributed by atoms with E-state index in [0.717, 1.165) is 11.3 Å². The van der Waals surface area contributed by atoms with Crippen molar-refractivity contribution in [1.29, 1.82) is 0 Å². The average molecular weight is 292 g/mol. The molecule has 0 atom stereocenters. The molecule has 1 amide bonds. The van der Waals surface area contributed by atoms with Crippen LogP contribution in [0, 0.1) is 0 Å². The van der Waals surface area contributed by atoms with Gasteiger partial charge in [0, 0.05) is 31.7 Å². The number of nitrogens with one attached hydrogen (secondary N) is 1. The highest BCUT2D eigenvalue weighted by molar-refractivity contribution is 5.78. The number of hydrogen-bond donors (Lipinski definition) is 1. The van der Waals surface area contributed by atoms with Crippen molar-refractivity contribution in [3.8, 4) is 0 Å². The minimum absolute atomic E-state index is 0.194. The van der Waals surface area contributed by atoms with E-state index < -0.39 is 0 Å². The lowest BCUT2D eigenvalue weighted by atomic mass is 10.1. The van der Waals surface area contributed by atoms with Gasteiger partial charge in [-0.15, -0.1) is 0 Å². The lowest BCUT2D eigenvalue weighted by molar-refractivity contribution is -0.131. The van der Waals surface area contributed by atoms with Crippen LogP contribution in [0.3, 0.4) is 0 Å². The van der Waals surface area contributed by atoms with Crippen molar-refractivity contribution in [2.45, 2.75) is 13.0 Å². The molecule has 0 aromatic heterocycles. The van der Waals surface area contributed by atoms with E-state index in [1.807, 2.05) is 35.2 Å². The van der Waals surface area contributed by atoms with Crippen molar-refractivity contribution >= 4 is 17.7 Å². The molecule has 1 heterocycles. The lowest BCUT2D eigenvalue weighted by Crippen LogP contribution is -2.34. The molecule has 0 bridgehead atoms. The largest absolute Gasteiger partial charge is 0.384 e. The van der Waals surface area contributed by atoms with E-state index in [1.54, 1.807) is 0 Å². The van der Waals surface area contributed by atoms with E-state index in [1.165, 1.54) is 5.56 Å². The maximum absolute atomic E-state index is 12.3. The topological polar surface area (TPSA) is 32.3 Å². The monoisotopic (exact) mass is 292 g/mol. The minimum atomic E-state index is 0.194. The predicted octanol–water partition coefficient (Wildman–Crippen LogP) is 3.54. The summed E-state index contributed by atoms with van der Waals surface area (Å²) < 4.78 is 0. The van der Waals surface area contributed by atoms with Gasteiger partial charge in [-0.25, -0.2) is 0 Å². The van der Waals surface area contributed by atoms with Gasteiger partial charge in [0.2, 0.25) is 5.91 Å². The Morgan fingerprint density at radius 2 is 1.82 bits per heavy atom. The van der Waals surface area contributed by atoms with Gasteiger partial charge in [0.05, 0.1) is 0 Å². The molecule has 1 aliphatic rings.